The number of allylic oxidation sites excluding steroid dienone is 1. The van der Waals surface area contributed by atoms with Gasteiger partial charge in [-0.05, 0) is 19.9 Å². The lowest BCUT2D eigenvalue weighted by Gasteiger charge is -2.17. The van der Waals surface area contributed by atoms with Crippen molar-refractivity contribution in [2.24, 2.45) is 4.40 Å². The van der Waals surface area contributed by atoms with Crippen molar-refractivity contribution >= 4 is 21.9 Å². The van der Waals surface area contributed by atoms with Crippen LogP contribution in [0.1, 0.15) is 25.8 Å². The number of benzene rings is 1. The zero-order chi connectivity index (χ0) is 17.2. The zero-order valence-corrected chi connectivity index (χ0v) is 13.2. The van der Waals surface area contributed by atoms with E-state index in [0.29, 0.717) is 5.57 Å². The number of halogens is 2. The van der Waals surface area contributed by atoms with E-state index in [0.717, 1.165) is 6.07 Å². The third-order valence-electron chi connectivity index (χ3n) is 3.17. The highest BCUT2D eigenvalue weighted by molar-refractivity contribution is 7.88. The Hall–Kier alpha value is -2.29. The standard InChI is InChI=1S/C14H14F2N2O4S/c1-8-11(9(2)18-23(20,21)17-8)6-13(19)22-7-10-4-3-5-12(15)14(10)16/h3-5,17H,6-7H2,1-2H3. The van der Waals surface area contributed by atoms with E-state index in [1.807, 2.05) is 0 Å². The van der Waals surface area contributed by atoms with Crippen molar-refractivity contribution < 1.29 is 26.7 Å². The van der Waals surface area contributed by atoms with Gasteiger partial charge in [0.25, 0.3) is 0 Å². The Morgan fingerprint density at radius 3 is 2.65 bits per heavy atom. The molecule has 0 aliphatic carbocycles. The van der Waals surface area contributed by atoms with E-state index < -0.39 is 34.4 Å². The minimum Gasteiger partial charge on any atom is -0.460 e. The maximum absolute atomic E-state index is 13.4. The topological polar surface area (TPSA) is 84.8 Å². The number of hydrogen-bond donors (Lipinski definition) is 1. The molecule has 2 rings (SSSR count). The van der Waals surface area contributed by atoms with Crippen LogP contribution in [0.15, 0.2) is 33.9 Å². The highest BCUT2D eigenvalue weighted by Gasteiger charge is 2.22. The molecule has 0 saturated heterocycles. The molecule has 1 aliphatic rings. The lowest BCUT2D eigenvalue weighted by atomic mass is 10.1. The van der Waals surface area contributed by atoms with Gasteiger partial charge >= 0.3 is 16.2 Å². The summed E-state index contributed by atoms with van der Waals surface area (Å²) in [6.07, 6.45) is -0.235. The summed E-state index contributed by atoms with van der Waals surface area (Å²) < 4.78 is 59.7. The lowest BCUT2D eigenvalue weighted by Crippen LogP contribution is -2.28. The van der Waals surface area contributed by atoms with E-state index in [4.69, 9.17) is 4.74 Å². The van der Waals surface area contributed by atoms with E-state index in [9.17, 15) is 22.0 Å². The predicted molar refractivity (Wildman–Crippen MR) is 78.6 cm³/mol. The van der Waals surface area contributed by atoms with Gasteiger partial charge in [-0.2, -0.15) is 8.42 Å². The normalized spacial score (nSPS) is 16.6. The Kier molecular flexibility index (Phi) is 4.79. The quantitative estimate of drug-likeness (QED) is 0.847. The van der Waals surface area contributed by atoms with Gasteiger partial charge in [0.2, 0.25) is 0 Å². The summed E-state index contributed by atoms with van der Waals surface area (Å²) in [5.41, 5.74) is 0.741. The van der Waals surface area contributed by atoms with Crippen LogP contribution in [0.3, 0.4) is 0 Å². The molecule has 0 amide bonds. The van der Waals surface area contributed by atoms with Crippen LogP contribution in [0.25, 0.3) is 0 Å². The van der Waals surface area contributed by atoms with Crippen molar-refractivity contribution in [2.45, 2.75) is 26.9 Å². The molecule has 0 spiro atoms. The monoisotopic (exact) mass is 344 g/mol. The van der Waals surface area contributed by atoms with Gasteiger partial charge in [-0.25, -0.2) is 8.78 Å². The van der Waals surface area contributed by atoms with Crippen LogP contribution in [0.4, 0.5) is 8.78 Å². The second kappa shape index (κ2) is 6.45. The molecule has 1 heterocycles. The SMILES string of the molecule is CC1=NS(=O)(=O)NC(C)=C1CC(=O)OCc1cccc(F)c1F. The number of carbonyl (C=O) groups is 1. The second-order valence-electron chi connectivity index (χ2n) is 4.91. The first-order valence-corrected chi connectivity index (χ1v) is 8.01. The van der Waals surface area contributed by atoms with Crippen LogP contribution in [0, 0.1) is 11.6 Å². The number of rotatable bonds is 4. The Labute approximate surface area is 132 Å². The van der Waals surface area contributed by atoms with Gasteiger partial charge < -0.3 is 4.74 Å². The summed E-state index contributed by atoms with van der Waals surface area (Å²) in [6.45, 7) is 2.53. The maximum atomic E-state index is 13.4. The number of carbonyl (C=O) groups excluding carboxylic acids is 1. The smallest absolute Gasteiger partial charge is 0.342 e. The van der Waals surface area contributed by atoms with Crippen molar-refractivity contribution in [1.82, 2.24) is 4.72 Å². The summed E-state index contributed by atoms with van der Waals surface area (Å²) in [7, 11) is -3.78. The van der Waals surface area contributed by atoms with E-state index >= 15 is 0 Å². The molecule has 1 aromatic rings. The highest BCUT2D eigenvalue weighted by Crippen LogP contribution is 2.18. The lowest BCUT2D eigenvalue weighted by molar-refractivity contribution is -0.144. The van der Waals surface area contributed by atoms with E-state index in [2.05, 4.69) is 9.12 Å². The maximum Gasteiger partial charge on any atom is 0.342 e. The van der Waals surface area contributed by atoms with Gasteiger partial charge in [0.1, 0.15) is 6.61 Å². The molecule has 6 nitrogen and oxygen atoms in total. The summed E-state index contributed by atoms with van der Waals surface area (Å²) in [6, 6.07) is 3.57. The minimum atomic E-state index is -3.78. The molecule has 1 aliphatic heterocycles. The number of nitrogens with zero attached hydrogens (tertiary/aromatic N) is 1. The van der Waals surface area contributed by atoms with Gasteiger partial charge in [0, 0.05) is 16.8 Å². The fraction of sp³-hybridized carbons (Fsp3) is 0.286. The van der Waals surface area contributed by atoms with Crippen LogP contribution < -0.4 is 4.72 Å². The predicted octanol–water partition coefficient (Wildman–Crippen LogP) is 1.98. The minimum absolute atomic E-state index is 0.0845. The van der Waals surface area contributed by atoms with Gasteiger partial charge in [0.15, 0.2) is 11.6 Å². The molecular weight excluding hydrogens is 330 g/mol. The fourth-order valence-corrected chi connectivity index (χ4v) is 3.09. The Balaban J connectivity index is 2.03. The Morgan fingerprint density at radius 1 is 1.30 bits per heavy atom. The van der Waals surface area contributed by atoms with Crippen LogP contribution in [-0.2, 0) is 26.3 Å². The first-order chi connectivity index (χ1) is 10.7. The molecule has 0 fully saturated rings. The highest BCUT2D eigenvalue weighted by atomic mass is 32.2. The molecule has 0 bridgehead atoms. The van der Waals surface area contributed by atoms with E-state index in [-0.39, 0.29) is 23.4 Å². The number of ether oxygens (including phenoxy) is 1. The van der Waals surface area contributed by atoms with Crippen LogP contribution in [0.2, 0.25) is 0 Å². The van der Waals surface area contributed by atoms with Gasteiger partial charge in [0.05, 0.1) is 12.1 Å². The molecule has 124 valence electrons. The Morgan fingerprint density at radius 2 is 2.00 bits per heavy atom. The molecule has 9 heteroatoms. The first kappa shape index (κ1) is 17.1. The summed E-state index contributed by atoms with van der Waals surface area (Å²) >= 11 is 0. The van der Waals surface area contributed by atoms with Gasteiger partial charge in [-0.15, -0.1) is 4.40 Å². The fourth-order valence-electron chi connectivity index (χ4n) is 2.06. The summed E-state index contributed by atoms with van der Waals surface area (Å²) in [4.78, 5) is 11.8. The van der Waals surface area contributed by atoms with Crippen molar-refractivity contribution in [3.63, 3.8) is 0 Å². The summed E-state index contributed by atoms with van der Waals surface area (Å²) in [5.74, 6) is -2.81. The molecule has 23 heavy (non-hydrogen) atoms. The molecule has 1 aromatic carbocycles. The number of esters is 1. The van der Waals surface area contributed by atoms with E-state index in [1.165, 1.54) is 26.0 Å². The molecule has 0 aromatic heterocycles. The van der Waals surface area contributed by atoms with Crippen LogP contribution in [0.5, 0.6) is 0 Å². The average Bonchev–Trinajstić information content (AvgIpc) is 2.43. The van der Waals surface area contributed by atoms with Crippen LogP contribution in [-0.4, -0.2) is 20.1 Å². The average molecular weight is 344 g/mol. The largest absolute Gasteiger partial charge is 0.460 e. The molecule has 0 saturated carbocycles. The summed E-state index contributed by atoms with van der Waals surface area (Å²) in [5, 5.41) is 0. The molecule has 0 radical (unpaired) electrons. The second-order valence-corrected chi connectivity index (χ2v) is 6.24. The molecule has 0 atom stereocenters. The first-order valence-electron chi connectivity index (χ1n) is 6.57. The van der Waals surface area contributed by atoms with Gasteiger partial charge in [-0.1, -0.05) is 12.1 Å². The molecule has 1 N–H and O–H groups in total. The van der Waals surface area contributed by atoms with Gasteiger partial charge in [-0.3, -0.25) is 9.52 Å². The van der Waals surface area contributed by atoms with Crippen molar-refractivity contribution in [2.75, 3.05) is 0 Å². The third-order valence-corrected chi connectivity index (χ3v) is 4.25. The number of nitrogens with one attached hydrogen (secondary N) is 1. The zero-order valence-electron chi connectivity index (χ0n) is 12.4. The van der Waals surface area contributed by atoms with Crippen molar-refractivity contribution in [1.29, 1.82) is 0 Å². The van der Waals surface area contributed by atoms with Crippen molar-refractivity contribution in [3.05, 3.63) is 46.7 Å². The molecular formula is C14H14F2N2O4S. The van der Waals surface area contributed by atoms with Crippen LogP contribution >= 0.6 is 0 Å². The third kappa shape index (κ3) is 4.13. The molecule has 0 unspecified atom stereocenters. The number of hydrogen-bond acceptors (Lipinski definition) is 4. The van der Waals surface area contributed by atoms with E-state index in [1.54, 1.807) is 0 Å². The van der Waals surface area contributed by atoms with Crippen molar-refractivity contribution in [3.8, 4) is 0 Å². The Bertz CT molecular complexity index is 816.